The Morgan fingerprint density at radius 1 is 1.19 bits per heavy atom. The molecule has 8 nitrogen and oxygen atoms in total. The van der Waals surface area contributed by atoms with E-state index in [-0.39, 0.29) is 30.9 Å². The van der Waals surface area contributed by atoms with E-state index in [9.17, 15) is 14.4 Å². The average molecular weight is 422 g/mol. The van der Waals surface area contributed by atoms with Crippen molar-refractivity contribution in [2.75, 3.05) is 18.4 Å². The summed E-state index contributed by atoms with van der Waals surface area (Å²) in [5.74, 6) is -0.512. The normalized spacial score (nSPS) is 21.1. The van der Waals surface area contributed by atoms with Crippen LogP contribution in [0.5, 0.6) is 0 Å². The van der Waals surface area contributed by atoms with Crippen molar-refractivity contribution >= 4 is 23.5 Å². The van der Waals surface area contributed by atoms with Crippen LogP contribution in [0.4, 0.5) is 10.5 Å². The molecule has 8 heteroatoms. The number of urea groups is 1. The number of hydrogen-bond donors (Lipinski definition) is 2. The van der Waals surface area contributed by atoms with Gasteiger partial charge in [-0.2, -0.15) is 0 Å². The minimum atomic E-state index is -0.498. The first-order valence-electron chi connectivity index (χ1n) is 10.6. The van der Waals surface area contributed by atoms with Crippen molar-refractivity contribution in [1.82, 2.24) is 20.1 Å². The Hall–Kier alpha value is -3.26. The fourth-order valence-electron chi connectivity index (χ4n) is 4.23. The van der Waals surface area contributed by atoms with Crippen LogP contribution in [0, 0.1) is 13.8 Å². The van der Waals surface area contributed by atoms with Crippen LogP contribution in [-0.2, 0) is 16.1 Å². The van der Waals surface area contributed by atoms with Gasteiger partial charge in [0.2, 0.25) is 11.8 Å². The first-order valence-corrected chi connectivity index (χ1v) is 10.6. The first kappa shape index (κ1) is 21.0. The lowest BCUT2D eigenvalue weighted by Gasteiger charge is -2.46. The summed E-state index contributed by atoms with van der Waals surface area (Å²) in [5.41, 5.74) is 3.54. The zero-order valence-corrected chi connectivity index (χ0v) is 17.8. The lowest BCUT2D eigenvalue weighted by molar-refractivity contribution is -0.138. The Kier molecular flexibility index (Phi) is 5.99. The molecule has 0 radical (unpaired) electrons. The van der Waals surface area contributed by atoms with Gasteiger partial charge in [0.15, 0.2) is 0 Å². The van der Waals surface area contributed by atoms with Gasteiger partial charge in [-0.25, -0.2) is 4.79 Å². The predicted molar refractivity (Wildman–Crippen MR) is 116 cm³/mol. The number of pyridine rings is 1. The lowest BCUT2D eigenvalue weighted by Crippen LogP contribution is -2.70. The second kappa shape index (κ2) is 8.85. The molecule has 2 aromatic rings. The number of imide groups is 1. The third-order valence-corrected chi connectivity index (χ3v) is 5.91. The number of benzene rings is 1. The quantitative estimate of drug-likeness (QED) is 0.772. The van der Waals surface area contributed by atoms with Crippen molar-refractivity contribution in [3.8, 4) is 0 Å². The van der Waals surface area contributed by atoms with Gasteiger partial charge in [-0.15, -0.1) is 0 Å². The zero-order valence-electron chi connectivity index (χ0n) is 17.8. The average Bonchev–Trinajstić information content (AvgIpc) is 2.77. The number of carbonyl (C=O) groups excluding carboxylic acids is 3. The molecular formula is C23H27N5O3. The zero-order chi connectivity index (χ0) is 22.0. The SMILES string of the molecule is Cc1ccc(C)c(NC(=O)CN2C(=O)N(Cc3ccncc3)C(=O)C3NCCCC32)c1. The molecule has 2 atom stereocenters. The van der Waals surface area contributed by atoms with Crippen molar-refractivity contribution in [2.24, 2.45) is 0 Å². The van der Waals surface area contributed by atoms with E-state index in [4.69, 9.17) is 0 Å². The van der Waals surface area contributed by atoms with E-state index in [1.807, 2.05) is 32.0 Å². The summed E-state index contributed by atoms with van der Waals surface area (Å²) in [6.07, 6.45) is 4.80. The maximum atomic E-state index is 13.3. The van der Waals surface area contributed by atoms with Crippen molar-refractivity contribution in [2.45, 2.75) is 45.3 Å². The molecule has 2 unspecified atom stereocenters. The number of aryl methyl sites for hydroxylation is 2. The minimum absolute atomic E-state index is 0.102. The highest BCUT2D eigenvalue weighted by atomic mass is 16.2. The summed E-state index contributed by atoms with van der Waals surface area (Å²) in [4.78, 5) is 46.0. The molecule has 2 fully saturated rings. The number of rotatable bonds is 5. The molecule has 162 valence electrons. The second-order valence-corrected chi connectivity index (χ2v) is 8.20. The van der Waals surface area contributed by atoms with Crippen LogP contribution in [0.3, 0.4) is 0 Å². The van der Waals surface area contributed by atoms with E-state index >= 15 is 0 Å². The minimum Gasteiger partial charge on any atom is -0.324 e. The van der Waals surface area contributed by atoms with Crippen molar-refractivity contribution in [3.05, 3.63) is 59.4 Å². The highest BCUT2D eigenvalue weighted by Gasteiger charge is 2.47. The highest BCUT2D eigenvalue weighted by Crippen LogP contribution is 2.26. The predicted octanol–water partition coefficient (Wildman–Crippen LogP) is 2.22. The van der Waals surface area contributed by atoms with E-state index in [1.165, 1.54) is 4.90 Å². The molecule has 31 heavy (non-hydrogen) atoms. The molecule has 2 aliphatic heterocycles. The van der Waals surface area contributed by atoms with Gasteiger partial charge < -0.3 is 15.5 Å². The summed E-state index contributed by atoms with van der Waals surface area (Å²) < 4.78 is 0. The first-order chi connectivity index (χ1) is 14.9. The third-order valence-electron chi connectivity index (χ3n) is 5.91. The molecule has 1 aromatic heterocycles. The molecule has 0 saturated carbocycles. The third kappa shape index (κ3) is 4.44. The number of carbonyl (C=O) groups is 3. The standard InChI is InChI=1S/C23H27N5O3/c1-15-5-6-16(2)18(12-15)26-20(29)14-27-19-4-3-9-25-21(19)22(30)28(23(27)31)13-17-7-10-24-11-8-17/h5-8,10-12,19,21,25H,3-4,9,13-14H2,1-2H3,(H,26,29). The molecule has 0 aliphatic carbocycles. The van der Waals surface area contributed by atoms with Gasteiger partial charge in [-0.05, 0) is 68.1 Å². The van der Waals surface area contributed by atoms with Gasteiger partial charge in [0.25, 0.3) is 0 Å². The van der Waals surface area contributed by atoms with E-state index in [2.05, 4.69) is 15.6 Å². The van der Waals surface area contributed by atoms with E-state index in [1.54, 1.807) is 29.4 Å². The fraction of sp³-hybridized carbons (Fsp3) is 0.391. The maximum Gasteiger partial charge on any atom is 0.327 e. The summed E-state index contributed by atoms with van der Waals surface area (Å²) in [6.45, 7) is 4.66. The van der Waals surface area contributed by atoms with Crippen molar-refractivity contribution in [1.29, 1.82) is 0 Å². The van der Waals surface area contributed by atoms with Crippen molar-refractivity contribution < 1.29 is 14.4 Å². The van der Waals surface area contributed by atoms with Gasteiger partial charge in [-0.3, -0.25) is 19.5 Å². The van der Waals surface area contributed by atoms with Gasteiger partial charge >= 0.3 is 6.03 Å². The fourth-order valence-corrected chi connectivity index (χ4v) is 4.23. The smallest absolute Gasteiger partial charge is 0.324 e. The maximum absolute atomic E-state index is 13.3. The number of aromatic nitrogens is 1. The Bertz CT molecular complexity index is 994. The molecular weight excluding hydrogens is 394 g/mol. The number of anilines is 1. The lowest BCUT2D eigenvalue weighted by atomic mass is 9.93. The summed E-state index contributed by atoms with van der Waals surface area (Å²) >= 11 is 0. The number of nitrogens with zero attached hydrogens (tertiary/aromatic N) is 3. The van der Waals surface area contributed by atoms with Crippen LogP contribution in [0.2, 0.25) is 0 Å². The Morgan fingerprint density at radius 2 is 1.97 bits per heavy atom. The highest BCUT2D eigenvalue weighted by molar-refractivity contribution is 6.03. The molecule has 1 aromatic carbocycles. The Morgan fingerprint density at radius 3 is 2.74 bits per heavy atom. The second-order valence-electron chi connectivity index (χ2n) is 8.20. The van der Waals surface area contributed by atoms with Gasteiger partial charge in [0, 0.05) is 18.1 Å². The number of hydrogen-bond acceptors (Lipinski definition) is 5. The summed E-state index contributed by atoms with van der Waals surface area (Å²) in [5, 5.41) is 6.17. The Labute approximate surface area is 181 Å². The molecule has 2 aliphatic rings. The van der Waals surface area contributed by atoms with E-state index < -0.39 is 12.1 Å². The van der Waals surface area contributed by atoms with Crippen molar-refractivity contribution in [3.63, 3.8) is 0 Å². The number of piperidine rings is 1. The van der Waals surface area contributed by atoms with E-state index in [0.717, 1.165) is 28.8 Å². The van der Waals surface area contributed by atoms with Gasteiger partial charge in [0.1, 0.15) is 12.6 Å². The molecule has 0 spiro atoms. The van der Waals surface area contributed by atoms with Crippen LogP contribution in [-0.4, -0.2) is 57.8 Å². The molecule has 2 N–H and O–H groups in total. The summed E-state index contributed by atoms with van der Waals surface area (Å²) in [6, 6.07) is 8.15. The molecule has 0 bridgehead atoms. The molecule has 4 rings (SSSR count). The molecule has 2 saturated heterocycles. The van der Waals surface area contributed by atoms with Crippen LogP contribution in [0.25, 0.3) is 0 Å². The molecule has 4 amide bonds. The van der Waals surface area contributed by atoms with E-state index in [0.29, 0.717) is 13.0 Å². The topological polar surface area (TPSA) is 94.6 Å². The Balaban J connectivity index is 1.55. The van der Waals surface area contributed by atoms with Gasteiger partial charge in [0.05, 0.1) is 12.6 Å². The van der Waals surface area contributed by atoms with Crippen LogP contribution < -0.4 is 10.6 Å². The largest absolute Gasteiger partial charge is 0.327 e. The number of nitrogens with one attached hydrogen (secondary N) is 2. The van der Waals surface area contributed by atoms with Crippen LogP contribution in [0.1, 0.15) is 29.5 Å². The van der Waals surface area contributed by atoms with Crippen LogP contribution >= 0.6 is 0 Å². The van der Waals surface area contributed by atoms with Crippen LogP contribution in [0.15, 0.2) is 42.7 Å². The number of fused-ring (bicyclic) bond motifs is 1. The summed E-state index contributed by atoms with van der Waals surface area (Å²) in [7, 11) is 0. The number of amides is 4. The van der Waals surface area contributed by atoms with Gasteiger partial charge in [-0.1, -0.05) is 12.1 Å². The molecule has 3 heterocycles. The monoisotopic (exact) mass is 421 g/mol.